The maximum absolute atomic E-state index is 11.7. The Balaban J connectivity index is 2.02. The molecule has 2 aromatic carbocycles. The Labute approximate surface area is 144 Å². The zero-order valence-electron chi connectivity index (χ0n) is 13.3. The quantitative estimate of drug-likeness (QED) is 0.378. The highest BCUT2D eigenvalue weighted by atomic mass is 16.7. The van der Waals surface area contributed by atoms with Crippen LogP contribution < -0.4 is 20.7 Å². The van der Waals surface area contributed by atoms with Crippen molar-refractivity contribution in [1.29, 1.82) is 5.41 Å². The summed E-state index contributed by atoms with van der Waals surface area (Å²) in [5.41, 5.74) is 9.69. The molecule has 0 fully saturated rings. The summed E-state index contributed by atoms with van der Waals surface area (Å²) in [5, 5.41) is 17.3. The lowest BCUT2D eigenvalue weighted by atomic mass is 9.95. The van der Waals surface area contributed by atoms with Gasteiger partial charge in [0, 0.05) is 16.8 Å². The number of hydrogen-bond donors (Lipinski definition) is 4. The molecule has 0 saturated carbocycles. The van der Waals surface area contributed by atoms with E-state index in [0.717, 1.165) is 0 Å². The largest absolute Gasteiger partial charge is 0.454 e. The van der Waals surface area contributed by atoms with Gasteiger partial charge in [-0.3, -0.25) is 15.4 Å². The third-order valence-electron chi connectivity index (χ3n) is 3.83. The van der Waals surface area contributed by atoms with Crippen LogP contribution in [-0.4, -0.2) is 23.6 Å². The molecule has 1 aliphatic rings. The van der Waals surface area contributed by atoms with E-state index in [2.05, 4.69) is 0 Å². The van der Waals surface area contributed by atoms with E-state index in [1.165, 1.54) is 0 Å². The number of nitrogens with two attached hydrogens (primary N) is 1. The van der Waals surface area contributed by atoms with Gasteiger partial charge in [-0.1, -0.05) is 30.3 Å². The topological polar surface area (TPSA) is 118 Å². The van der Waals surface area contributed by atoms with E-state index < -0.39 is 5.91 Å². The second kappa shape index (κ2) is 7.06. The van der Waals surface area contributed by atoms with Crippen molar-refractivity contribution < 1.29 is 19.5 Å². The molecule has 7 nitrogen and oxygen atoms in total. The second-order valence-electron chi connectivity index (χ2n) is 5.41. The highest BCUT2D eigenvalue weighted by Gasteiger charge is 2.20. The van der Waals surface area contributed by atoms with Crippen LogP contribution in [-0.2, 0) is 4.79 Å². The van der Waals surface area contributed by atoms with Crippen LogP contribution in [0.25, 0.3) is 5.70 Å². The van der Waals surface area contributed by atoms with Crippen molar-refractivity contribution in [3.63, 3.8) is 0 Å². The summed E-state index contributed by atoms with van der Waals surface area (Å²) in [5.74, 6) is 0.483. The Morgan fingerprint density at radius 3 is 2.56 bits per heavy atom. The predicted octanol–water partition coefficient (Wildman–Crippen LogP) is 2.05. The van der Waals surface area contributed by atoms with Crippen LogP contribution in [0, 0.1) is 5.41 Å². The summed E-state index contributed by atoms with van der Waals surface area (Å²) in [7, 11) is 0. The van der Waals surface area contributed by atoms with Gasteiger partial charge in [0.2, 0.25) is 12.7 Å². The smallest absolute Gasteiger partial charge is 0.247 e. The Morgan fingerprint density at radius 2 is 1.84 bits per heavy atom. The van der Waals surface area contributed by atoms with Gasteiger partial charge < -0.3 is 15.2 Å². The molecule has 0 radical (unpaired) electrons. The fourth-order valence-corrected chi connectivity index (χ4v) is 2.54. The molecule has 3 rings (SSSR count). The lowest BCUT2D eigenvalue weighted by molar-refractivity contribution is -0.128. The van der Waals surface area contributed by atoms with Crippen LogP contribution in [0.3, 0.4) is 0 Å². The molecule has 2 aromatic rings. The highest BCUT2D eigenvalue weighted by molar-refractivity contribution is 6.16. The van der Waals surface area contributed by atoms with Crippen molar-refractivity contribution >= 4 is 17.3 Å². The summed E-state index contributed by atoms with van der Waals surface area (Å²) < 4.78 is 10.6. The number of hydroxylamine groups is 1. The van der Waals surface area contributed by atoms with E-state index in [-0.39, 0.29) is 18.9 Å². The van der Waals surface area contributed by atoms with Crippen molar-refractivity contribution in [2.45, 2.75) is 6.42 Å². The Morgan fingerprint density at radius 1 is 1.12 bits per heavy atom. The molecule has 0 unspecified atom stereocenters. The molecular formula is C18H17N3O4. The van der Waals surface area contributed by atoms with Crippen LogP contribution in [0.2, 0.25) is 0 Å². The van der Waals surface area contributed by atoms with Crippen LogP contribution in [0.15, 0.2) is 54.1 Å². The third-order valence-corrected chi connectivity index (χ3v) is 3.83. The van der Waals surface area contributed by atoms with Crippen LogP contribution in [0.5, 0.6) is 11.5 Å². The van der Waals surface area contributed by atoms with E-state index in [4.69, 9.17) is 25.8 Å². The molecule has 1 heterocycles. The van der Waals surface area contributed by atoms with Crippen LogP contribution in [0.4, 0.5) is 0 Å². The average Bonchev–Trinajstić information content (AvgIpc) is 3.13. The molecule has 0 bridgehead atoms. The molecule has 0 spiro atoms. The minimum Gasteiger partial charge on any atom is -0.454 e. The zero-order chi connectivity index (χ0) is 17.8. The van der Waals surface area contributed by atoms with Gasteiger partial charge >= 0.3 is 0 Å². The lowest BCUT2D eigenvalue weighted by Crippen LogP contribution is -2.23. The van der Waals surface area contributed by atoms with E-state index in [1.54, 1.807) is 35.8 Å². The number of carbonyl (C=O) groups excluding carboxylic acids is 1. The van der Waals surface area contributed by atoms with Gasteiger partial charge in [-0.05, 0) is 23.8 Å². The molecule has 5 N–H and O–H groups in total. The van der Waals surface area contributed by atoms with Crippen molar-refractivity contribution in [3.05, 3.63) is 65.2 Å². The number of benzene rings is 2. The number of hydrogen-bond acceptors (Lipinski definition) is 6. The maximum atomic E-state index is 11.7. The van der Waals surface area contributed by atoms with Crippen LogP contribution in [0.1, 0.15) is 17.5 Å². The molecule has 7 heteroatoms. The fourth-order valence-electron chi connectivity index (χ4n) is 2.54. The first kappa shape index (κ1) is 16.5. The average molecular weight is 339 g/mol. The predicted molar refractivity (Wildman–Crippen MR) is 91.5 cm³/mol. The second-order valence-corrected chi connectivity index (χ2v) is 5.41. The maximum Gasteiger partial charge on any atom is 0.247 e. The molecule has 0 aromatic heterocycles. The summed E-state index contributed by atoms with van der Waals surface area (Å²) in [6.45, 7) is 0.133. The van der Waals surface area contributed by atoms with Gasteiger partial charge in [0.05, 0.1) is 12.1 Å². The van der Waals surface area contributed by atoms with Crippen LogP contribution >= 0.6 is 0 Å². The van der Waals surface area contributed by atoms with E-state index in [1.807, 2.05) is 18.2 Å². The first-order valence-electron chi connectivity index (χ1n) is 7.56. The zero-order valence-corrected chi connectivity index (χ0v) is 13.3. The molecule has 1 amide bonds. The molecule has 25 heavy (non-hydrogen) atoms. The summed E-state index contributed by atoms with van der Waals surface area (Å²) in [6, 6.07) is 14.1. The summed E-state index contributed by atoms with van der Waals surface area (Å²) >= 11 is 0. The van der Waals surface area contributed by atoms with Gasteiger partial charge in [-0.15, -0.1) is 0 Å². The molecule has 1 aliphatic heterocycles. The number of carbonyl (C=O) groups is 1. The van der Waals surface area contributed by atoms with Crippen molar-refractivity contribution in [2.75, 3.05) is 6.79 Å². The fraction of sp³-hybridized carbons (Fsp3) is 0.111. The minimum absolute atomic E-state index is 0.0725. The molecular weight excluding hydrogens is 322 g/mol. The van der Waals surface area contributed by atoms with Gasteiger partial charge in [-0.2, -0.15) is 0 Å². The first-order chi connectivity index (χ1) is 12.1. The Bertz CT molecular complexity index is 847. The van der Waals surface area contributed by atoms with E-state index in [9.17, 15) is 4.79 Å². The number of ether oxygens (including phenoxy) is 2. The number of fused-ring (bicyclic) bond motifs is 1. The number of amides is 1. The highest BCUT2D eigenvalue weighted by Crippen LogP contribution is 2.33. The van der Waals surface area contributed by atoms with Gasteiger partial charge in [0.25, 0.3) is 0 Å². The molecule has 128 valence electrons. The standard InChI is InChI=1S/C18H17N3O4/c19-17(11-4-2-1-3-5-11)13(9-16(22)21-23)18(20)12-6-7-14-15(8-12)25-10-24-14/h1-8,20,23H,9-10,19H2,(H,21,22)/b17-13-,20-18?. The van der Waals surface area contributed by atoms with Crippen molar-refractivity contribution in [1.82, 2.24) is 5.48 Å². The molecule has 0 saturated heterocycles. The minimum atomic E-state index is -0.653. The van der Waals surface area contributed by atoms with Gasteiger partial charge in [0.15, 0.2) is 11.5 Å². The number of nitrogens with one attached hydrogen (secondary N) is 2. The summed E-state index contributed by atoms with van der Waals surface area (Å²) in [6.07, 6.45) is -0.232. The Kier molecular flexibility index (Phi) is 4.67. The SMILES string of the molecule is N=C(/C(CC(=O)NO)=C(\N)c1ccccc1)c1ccc2c(c1)OCO2. The monoisotopic (exact) mass is 339 g/mol. The third kappa shape index (κ3) is 3.46. The van der Waals surface area contributed by atoms with E-state index in [0.29, 0.717) is 33.9 Å². The van der Waals surface area contributed by atoms with E-state index >= 15 is 0 Å². The van der Waals surface area contributed by atoms with Crippen molar-refractivity contribution in [3.8, 4) is 11.5 Å². The number of rotatable bonds is 5. The van der Waals surface area contributed by atoms with Gasteiger partial charge in [-0.25, -0.2) is 5.48 Å². The molecule has 0 atom stereocenters. The summed E-state index contributed by atoms with van der Waals surface area (Å²) in [4.78, 5) is 11.7. The Hall–Kier alpha value is -3.32. The van der Waals surface area contributed by atoms with Crippen molar-refractivity contribution in [2.24, 2.45) is 5.73 Å². The molecule has 0 aliphatic carbocycles. The lowest BCUT2D eigenvalue weighted by Gasteiger charge is -2.14. The van der Waals surface area contributed by atoms with Gasteiger partial charge in [0.1, 0.15) is 0 Å². The normalized spacial score (nSPS) is 13.2. The first-order valence-corrected chi connectivity index (χ1v) is 7.56.